The molecule has 1 aromatic heterocycles. The van der Waals surface area contributed by atoms with Crippen molar-refractivity contribution in [3.63, 3.8) is 0 Å². The maximum Gasteiger partial charge on any atom is 0.186 e. The summed E-state index contributed by atoms with van der Waals surface area (Å²) in [6, 6.07) is 16.4. The van der Waals surface area contributed by atoms with Crippen LogP contribution in [0.3, 0.4) is 0 Å². The Hall–Kier alpha value is -2.61. The molecule has 0 bridgehead atoms. The molecule has 0 radical (unpaired) electrons. The maximum absolute atomic E-state index is 6.06. The molecule has 0 atom stereocenters. The first kappa shape index (κ1) is 24.5. The Kier molecular flexibility index (Phi) is 8.79. The molecule has 2 aromatic carbocycles. The highest BCUT2D eigenvalue weighted by Gasteiger charge is 2.18. The van der Waals surface area contributed by atoms with Crippen LogP contribution in [0.1, 0.15) is 29.7 Å². The van der Waals surface area contributed by atoms with Crippen LogP contribution in [0, 0.1) is 5.92 Å². The van der Waals surface area contributed by atoms with Gasteiger partial charge in [0.15, 0.2) is 5.13 Å². The first-order valence-electron chi connectivity index (χ1n) is 11.8. The Bertz CT molecular complexity index is 984. The lowest BCUT2D eigenvalue weighted by Gasteiger charge is -2.28. The fourth-order valence-corrected chi connectivity index (χ4v) is 5.05. The molecular formula is C27H35N3O3S. The average molecular weight is 482 g/mol. The van der Waals surface area contributed by atoms with Gasteiger partial charge in [-0.1, -0.05) is 24.3 Å². The molecule has 34 heavy (non-hydrogen) atoms. The smallest absolute Gasteiger partial charge is 0.186 e. The number of hydrogen-bond donors (Lipinski definition) is 0. The summed E-state index contributed by atoms with van der Waals surface area (Å²) in [6.45, 7) is 5.18. The Labute approximate surface area is 207 Å². The number of piperidine rings is 1. The van der Waals surface area contributed by atoms with Crippen LogP contribution >= 0.6 is 11.3 Å². The van der Waals surface area contributed by atoms with Crippen molar-refractivity contribution >= 4 is 16.5 Å². The van der Waals surface area contributed by atoms with Crippen molar-refractivity contribution in [1.29, 1.82) is 0 Å². The van der Waals surface area contributed by atoms with E-state index in [9.17, 15) is 0 Å². The quantitative estimate of drug-likeness (QED) is 0.374. The molecule has 7 heteroatoms. The van der Waals surface area contributed by atoms with Gasteiger partial charge in [0.1, 0.15) is 11.5 Å². The van der Waals surface area contributed by atoms with Gasteiger partial charge >= 0.3 is 0 Å². The molecule has 1 fully saturated rings. The van der Waals surface area contributed by atoms with E-state index in [4.69, 9.17) is 19.2 Å². The van der Waals surface area contributed by atoms with Crippen LogP contribution in [0.2, 0.25) is 0 Å². The number of likely N-dealkylation sites (tertiary alicyclic amines) is 1. The Balaban J connectivity index is 1.44. The molecule has 4 rings (SSSR count). The fraction of sp³-hybridized carbons (Fsp3) is 0.444. The van der Waals surface area contributed by atoms with Crippen molar-refractivity contribution in [3.8, 4) is 11.5 Å². The van der Waals surface area contributed by atoms with Crippen LogP contribution in [0.4, 0.5) is 5.13 Å². The number of ether oxygens (including phenoxy) is 3. The topological polar surface area (TPSA) is 47.1 Å². The summed E-state index contributed by atoms with van der Waals surface area (Å²) in [5.74, 6) is 2.38. The van der Waals surface area contributed by atoms with Crippen molar-refractivity contribution in [2.24, 2.45) is 5.92 Å². The number of methoxy groups -OCH3 is 2. The summed E-state index contributed by atoms with van der Waals surface area (Å²) in [5, 5.41) is 3.11. The minimum absolute atomic E-state index is 0.564. The monoisotopic (exact) mass is 481 g/mol. The number of thiazole rings is 1. The minimum atomic E-state index is 0.564. The molecule has 0 saturated carbocycles. The van der Waals surface area contributed by atoms with Crippen molar-refractivity contribution < 1.29 is 14.2 Å². The molecule has 0 N–H and O–H groups in total. The van der Waals surface area contributed by atoms with Crippen molar-refractivity contribution in [1.82, 2.24) is 9.88 Å². The lowest BCUT2D eigenvalue weighted by Crippen LogP contribution is -2.31. The highest BCUT2D eigenvalue weighted by Crippen LogP contribution is 2.27. The van der Waals surface area contributed by atoms with Crippen molar-refractivity contribution in [2.75, 3.05) is 45.9 Å². The second kappa shape index (κ2) is 12.2. The van der Waals surface area contributed by atoms with Crippen LogP contribution < -0.4 is 14.4 Å². The molecule has 3 aromatic rings. The van der Waals surface area contributed by atoms with E-state index in [1.165, 1.54) is 37.1 Å². The first-order chi connectivity index (χ1) is 16.6. The Morgan fingerprint density at radius 2 is 1.59 bits per heavy atom. The van der Waals surface area contributed by atoms with Gasteiger partial charge in [0, 0.05) is 18.5 Å². The third kappa shape index (κ3) is 6.95. The zero-order chi connectivity index (χ0) is 23.8. The number of anilines is 1. The lowest BCUT2D eigenvalue weighted by atomic mass is 9.98. The molecule has 6 nitrogen and oxygen atoms in total. The van der Waals surface area contributed by atoms with Gasteiger partial charge in [0.25, 0.3) is 0 Å². The number of rotatable bonds is 11. The zero-order valence-corrected chi connectivity index (χ0v) is 21.2. The van der Waals surface area contributed by atoms with E-state index in [0.717, 1.165) is 42.0 Å². The molecule has 182 valence electrons. The summed E-state index contributed by atoms with van der Waals surface area (Å²) in [6.07, 6.45) is 2.43. The van der Waals surface area contributed by atoms with E-state index in [0.29, 0.717) is 12.5 Å². The zero-order valence-electron chi connectivity index (χ0n) is 20.4. The normalized spacial score (nSPS) is 14.8. The third-order valence-electron chi connectivity index (χ3n) is 6.27. The SMILES string of the molecule is COc1cccc(CN(Cc2cccc(OC)c2)c2nc(COCC3CCN(C)CC3)cs2)c1. The molecule has 0 aliphatic carbocycles. The van der Waals surface area contributed by atoms with Crippen LogP contribution in [0.25, 0.3) is 0 Å². The third-order valence-corrected chi connectivity index (χ3v) is 7.22. The Morgan fingerprint density at radius 1 is 0.971 bits per heavy atom. The van der Waals surface area contributed by atoms with Crippen LogP contribution in [0.5, 0.6) is 11.5 Å². The predicted octanol–water partition coefficient (Wildman–Crippen LogP) is 5.23. The number of nitrogens with zero attached hydrogens (tertiary/aromatic N) is 3. The highest BCUT2D eigenvalue weighted by molar-refractivity contribution is 7.13. The van der Waals surface area contributed by atoms with E-state index in [-0.39, 0.29) is 0 Å². The summed E-state index contributed by atoms with van der Waals surface area (Å²) in [7, 11) is 5.59. The standard InChI is InChI=1S/C27H35N3O3S/c1-29-12-10-21(11-13-29)18-33-19-24-20-34-27(28-24)30(16-22-6-4-8-25(14-22)31-2)17-23-7-5-9-26(15-23)32-3/h4-9,14-15,20-21H,10-13,16-19H2,1-3H3. The van der Waals surface area contributed by atoms with E-state index < -0.39 is 0 Å². The molecule has 0 unspecified atom stereocenters. The van der Waals surface area contributed by atoms with Gasteiger partial charge in [-0.15, -0.1) is 11.3 Å². The van der Waals surface area contributed by atoms with Gasteiger partial charge in [-0.05, 0) is 74.3 Å². The van der Waals surface area contributed by atoms with Gasteiger partial charge in [-0.3, -0.25) is 0 Å². The summed E-state index contributed by atoms with van der Waals surface area (Å²) >= 11 is 1.67. The number of benzene rings is 2. The maximum atomic E-state index is 6.06. The number of aromatic nitrogens is 1. The minimum Gasteiger partial charge on any atom is -0.497 e. The van der Waals surface area contributed by atoms with Gasteiger partial charge in [-0.25, -0.2) is 4.98 Å². The van der Waals surface area contributed by atoms with Gasteiger partial charge in [0.2, 0.25) is 0 Å². The Morgan fingerprint density at radius 3 is 2.18 bits per heavy atom. The largest absolute Gasteiger partial charge is 0.497 e. The molecule has 1 saturated heterocycles. The van der Waals surface area contributed by atoms with E-state index in [2.05, 4.69) is 46.5 Å². The molecule has 1 aliphatic rings. The van der Waals surface area contributed by atoms with E-state index in [1.54, 1.807) is 25.6 Å². The van der Waals surface area contributed by atoms with Gasteiger partial charge in [-0.2, -0.15) is 0 Å². The molecule has 2 heterocycles. The molecular weight excluding hydrogens is 446 g/mol. The predicted molar refractivity (Wildman–Crippen MR) is 138 cm³/mol. The summed E-state index contributed by atoms with van der Waals surface area (Å²) in [5.41, 5.74) is 3.35. The van der Waals surface area contributed by atoms with E-state index >= 15 is 0 Å². The molecule has 0 spiro atoms. The van der Waals surface area contributed by atoms with Gasteiger partial charge in [0.05, 0.1) is 33.1 Å². The lowest BCUT2D eigenvalue weighted by molar-refractivity contribution is 0.0609. The average Bonchev–Trinajstić information content (AvgIpc) is 3.34. The van der Waals surface area contributed by atoms with Crippen LogP contribution in [-0.2, 0) is 24.4 Å². The highest BCUT2D eigenvalue weighted by atomic mass is 32.1. The first-order valence-corrected chi connectivity index (χ1v) is 12.7. The molecule has 0 amide bonds. The van der Waals surface area contributed by atoms with Crippen LogP contribution in [0.15, 0.2) is 53.9 Å². The second-order valence-corrected chi connectivity index (χ2v) is 9.78. The van der Waals surface area contributed by atoms with E-state index in [1.807, 2.05) is 24.3 Å². The van der Waals surface area contributed by atoms with Gasteiger partial charge < -0.3 is 24.0 Å². The van der Waals surface area contributed by atoms with Crippen molar-refractivity contribution in [3.05, 3.63) is 70.7 Å². The van der Waals surface area contributed by atoms with Crippen LogP contribution in [-0.4, -0.2) is 50.8 Å². The summed E-state index contributed by atoms with van der Waals surface area (Å²) < 4.78 is 16.9. The van der Waals surface area contributed by atoms with Crippen molar-refractivity contribution in [2.45, 2.75) is 32.5 Å². The molecule has 1 aliphatic heterocycles. The fourth-order valence-electron chi connectivity index (χ4n) is 4.24. The second-order valence-electron chi connectivity index (χ2n) is 8.94. The number of hydrogen-bond acceptors (Lipinski definition) is 7. The summed E-state index contributed by atoms with van der Waals surface area (Å²) in [4.78, 5) is 9.62.